The van der Waals surface area contributed by atoms with Crippen molar-refractivity contribution in [2.24, 2.45) is 0 Å². The zero-order valence-corrected chi connectivity index (χ0v) is 10.6. The topological polar surface area (TPSA) is 29.0 Å². The summed E-state index contributed by atoms with van der Waals surface area (Å²) in [5.74, 6) is 1.05. The molecular formula is C14H21N3. The molecule has 0 bridgehead atoms. The Morgan fingerprint density at radius 2 is 2.00 bits per heavy atom. The van der Waals surface area contributed by atoms with Gasteiger partial charge in [0, 0.05) is 17.9 Å². The molecule has 2 aliphatic rings. The number of aryl methyl sites for hydroxylation is 1. The minimum Gasteiger partial charge on any atom is -0.290 e. The molecule has 1 aromatic heterocycles. The number of rotatable bonds is 2. The molecule has 0 radical (unpaired) electrons. The Kier molecular flexibility index (Phi) is 3.10. The Morgan fingerprint density at radius 1 is 1.18 bits per heavy atom. The molecule has 3 rings (SSSR count). The lowest BCUT2D eigenvalue weighted by Crippen LogP contribution is -2.33. The minimum absolute atomic E-state index is 0.484. The summed E-state index contributed by atoms with van der Waals surface area (Å²) in [7, 11) is 0. The molecule has 1 aliphatic carbocycles. The first-order chi connectivity index (χ1) is 8.34. The van der Waals surface area contributed by atoms with Gasteiger partial charge in [0.15, 0.2) is 0 Å². The fraction of sp³-hybridized carbons (Fsp3) is 0.714. The van der Waals surface area contributed by atoms with Gasteiger partial charge in [0.1, 0.15) is 5.82 Å². The van der Waals surface area contributed by atoms with Gasteiger partial charge in [-0.05, 0) is 45.2 Å². The largest absolute Gasteiger partial charge is 0.290 e. The highest BCUT2D eigenvalue weighted by Gasteiger charge is 2.34. The first kappa shape index (κ1) is 11.1. The summed E-state index contributed by atoms with van der Waals surface area (Å²) in [6, 6.07) is 3.27. The van der Waals surface area contributed by atoms with Crippen LogP contribution in [0, 0.1) is 6.92 Å². The van der Waals surface area contributed by atoms with Crippen LogP contribution in [-0.4, -0.2) is 27.5 Å². The molecule has 17 heavy (non-hydrogen) atoms. The average molecular weight is 231 g/mol. The average Bonchev–Trinajstić information content (AvgIpc) is 3.00. The summed E-state index contributed by atoms with van der Waals surface area (Å²) >= 11 is 0. The highest BCUT2D eigenvalue weighted by atomic mass is 15.2. The van der Waals surface area contributed by atoms with Crippen molar-refractivity contribution in [3.63, 3.8) is 0 Å². The molecule has 1 saturated carbocycles. The number of hydrogen-bond donors (Lipinski definition) is 0. The highest BCUT2D eigenvalue weighted by molar-refractivity contribution is 5.06. The van der Waals surface area contributed by atoms with Crippen molar-refractivity contribution >= 4 is 0 Å². The maximum absolute atomic E-state index is 4.62. The second-order valence-electron chi connectivity index (χ2n) is 5.39. The first-order valence-electron chi connectivity index (χ1n) is 6.90. The van der Waals surface area contributed by atoms with Crippen molar-refractivity contribution in [3.8, 4) is 0 Å². The van der Waals surface area contributed by atoms with Crippen molar-refractivity contribution in [2.75, 3.05) is 6.54 Å². The van der Waals surface area contributed by atoms with Crippen LogP contribution in [0.25, 0.3) is 0 Å². The maximum atomic E-state index is 4.62. The third-order valence-corrected chi connectivity index (χ3v) is 4.20. The van der Waals surface area contributed by atoms with Gasteiger partial charge in [0.05, 0.1) is 6.04 Å². The molecule has 0 N–H and O–H groups in total. The van der Waals surface area contributed by atoms with Gasteiger partial charge in [0.2, 0.25) is 0 Å². The summed E-state index contributed by atoms with van der Waals surface area (Å²) < 4.78 is 0. The standard InChI is InChI=1S/C14H21N3/c1-11-8-9-15-14(16-11)13-7-4-10-17(13)12-5-2-3-6-12/h8-9,12-13H,2-7,10H2,1H3/t13-/m0/s1. The third-order valence-electron chi connectivity index (χ3n) is 4.20. The van der Waals surface area contributed by atoms with Gasteiger partial charge in [0.25, 0.3) is 0 Å². The van der Waals surface area contributed by atoms with Gasteiger partial charge in [-0.15, -0.1) is 0 Å². The molecule has 92 valence electrons. The zero-order valence-electron chi connectivity index (χ0n) is 10.6. The number of hydrogen-bond acceptors (Lipinski definition) is 3. The Hall–Kier alpha value is -0.960. The van der Waals surface area contributed by atoms with E-state index >= 15 is 0 Å². The fourth-order valence-corrected chi connectivity index (χ4v) is 3.37. The van der Waals surface area contributed by atoms with Crippen molar-refractivity contribution in [1.29, 1.82) is 0 Å². The van der Waals surface area contributed by atoms with Crippen LogP contribution in [0.4, 0.5) is 0 Å². The molecule has 1 atom stereocenters. The molecule has 2 fully saturated rings. The summed E-state index contributed by atoms with van der Waals surface area (Å²) in [6.07, 6.45) is 10.0. The van der Waals surface area contributed by atoms with E-state index in [-0.39, 0.29) is 0 Å². The molecule has 1 aliphatic heterocycles. The van der Waals surface area contributed by atoms with Gasteiger partial charge in [-0.2, -0.15) is 0 Å². The molecule has 0 spiro atoms. The van der Waals surface area contributed by atoms with Crippen LogP contribution in [0.1, 0.15) is 56.1 Å². The Balaban J connectivity index is 1.81. The predicted octanol–water partition coefficient (Wildman–Crippen LogP) is 2.86. The van der Waals surface area contributed by atoms with Gasteiger partial charge >= 0.3 is 0 Å². The van der Waals surface area contributed by atoms with Crippen molar-refractivity contribution in [2.45, 2.75) is 57.5 Å². The number of nitrogens with zero attached hydrogens (tertiary/aromatic N) is 3. The van der Waals surface area contributed by atoms with Crippen LogP contribution in [0.3, 0.4) is 0 Å². The van der Waals surface area contributed by atoms with Crippen molar-refractivity contribution in [1.82, 2.24) is 14.9 Å². The van der Waals surface area contributed by atoms with Crippen molar-refractivity contribution in [3.05, 3.63) is 23.8 Å². The smallest absolute Gasteiger partial charge is 0.145 e. The fourth-order valence-electron chi connectivity index (χ4n) is 3.37. The molecular weight excluding hydrogens is 210 g/mol. The van der Waals surface area contributed by atoms with Gasteiger partial charge in [-0.3, -0.25) is 4.90 Å². The van der Waals surface area contributed by atoms with E-state index in [1.807, 2.05) is 12.3 Å². The van der Waals surface area contributed by atoms with Crippen LogP contribution in [-0.2, 0) is 0 Å². The molecule has 2 heterocycles. The molecule has 1 saturated heterocycles. The molecule has 0 aromatic carbocycles. The number of aromatic nitrogens is 2. The van der Waals surface area contributed by atoms with Crippen LogP contribution < -0.4 is 0 Å². The van der Waals surface area contributed by atoms with Crippen LogP contribution in [0.15, 0.2) is 12.3 Å². The maximum Gasteiger partial charge on any atom is 0.145 e. The van der Waals surface area contributed by atoms with E-state index in [9.17, 15) is 0 Å². The third kappa shape index (κ3) is 2.21. The van der Waals surface area contributed by atoms with E-state index in [1.54, 1.807) is 0 Å². The van der Waals surface area contributed by atoms with Crippen molar-refractivity contribution < 1.29 is 0 Å². The second-order valence-corrected chi connectivity index (χ2v) is 5.39. The Bertz CT molecular complexity index is 385. The Morgan fingerprint density at radius 3 is 2.76 bits per heavy atom. The van der Waals surface area contributed by atoms with E-state index in [2.05, 4.69) is 21.8 Å². The highest BCUT2D eigenvalue weighted by Crippen LogP contribution is 2.36. The Labute approximate surface area is 103 Å². The summed E-state index contributed by atoms with van der Waals surface area (Å²) in [4.78, 5) is 11.8. The molecule has 0 unspecified atom stereocenters. The van der Waals surface area contributed by atoms with Crippen LogP contribution in [0.2, 0.25) is 0 Å². The quantitative estimate of drug-likeness (QED) is 0.783. The summed E-state index contributed by atoms with van der Waals surface area (Å²) in [5.41, 5.74) is 1.09. The van der Waals surface area contributed by atoms with Crippen LogP contribution in [0.5, 0.6) is 0 Å². The molecule has 3 nitrogen and oxygen atoms in total. The van der Waals surface area contributed by atoms with E-state index in [0.717, 1.165) is 17.6 Å². The van der Waals surface area contributed by atoms with E-state index in [4.69, 9.17) is 0 Å². The molecule has 0 amide bonds. The minimum atomic E-state index is 0.484. The predicted molar refractivity (Wildman–Crippen MR) is 67.7 cm³/mol. The van der Waals surface area contributed by atoms with Crippen LogP contribution >= 0.6 is 0 Å². The van der Waals surface area contributed by atoms with E-state index in [1.165, 1.54) is 45.1 Å². The lowest BCUT2D eigenvalue weighted by molar-refractivity contribution is 0.176. The molecule has 3 heteroatoms. The zero-order chi connectivity index (χ0) is 11.7. The molecule has 1 aromatic rings. The van der Waals surface area contributed by atoms with Gasteiger partial charge in [-0.25, -0.2) is 9.97 Å². The van der Waals surface area contributed by atoms with Gasteiger partial charge < -0.3 is 0 Å². The normalized spacial score (nSPS) is 26.8. The lowest BCUT2D eigenvalue weighted by atomic mass is 10.1. The number of likely N-dealkylation sites (tertiary alicyclic amines) is 1. The van der Waals surface area contributed by atoms with Gasteiger partial charge in [-0.1, -0.05) is 12.8 Å². The SMILES string of the molecule is Cc1ccnc([C@@H]2CCCN2C2CCCC2)n1. The second kappa shape index (κ2) is 4.73. The first-order valence-corrected chi connectivity index (χ1v) is 6.90. The summed E-state index contributed by atoms with van der Waals surface area (Å²) in [6.45, 7) is 3.30. The lowest BCUT2D eigenvalue weighted by Gasteiger charge is -2.29. The monoisotopic (exact) mass is 231 g/mol. The van der Waals surface area contributed by atoms with E-state index < -0.39 is 0 Å². The summed E-state index contributed by atoms with van der Waals surface area (Å²) in [5, 5.41) is 0. The van der Waals surface area contributed by atoms with E-state index in [0.29, 0.717) is 6.04 Å².